The highest BCUT2D eigenvalue weighted by Crippen LogP contribution is 2.36. The minimum Gasteiger partial charge on any atom is -0.393 e. The number of rotatable bonds is 1. The van der Waals surface area contributed by atoms with Crippen LogP contribution in [-0.4, -0.2) is 34.3 Å². The van der Waals surface area contributed by atoms with Crippen molar-refractivity contribution < 1.29 is 18.3 Å². The minimum atomic E-state index is -4.52. The van der Waals surface area contributed by atoms with Gasteiger partial charge in [-0.2, -0.15) is 18.2 Å². The molecule has 2 heterocycles. The van der Waals surface area contributed by atoms with Crippen LogP contribution in [0.15, 0.2) is 6.20 Å². The van der Waals surface area contributed by atoms with Crippen LogP contribution in [0.25, 0.3) is 0 Å². The molecule has 1 fully saturated rings. The number of hydrogen-bond acceptors (Lipinski definition) is 4. The lowest BCUT2D eigenvalue weighted by molar-refractivity contribution is -0.137. The average Bonchev–Trinajstić information content (AvgIpc) is 2.52. The Balaban J connectivity index is 2.34. The van der Waals surface area contributed by atoms with E-state index in [0.717, 1.165) is 0 Å². The molecule has 1 unspecified atom stereocenters. The Labute approximate surface area is 113 Å². The van der Waals surface area contributed by atoms with Crippen molar-refractivity contribution in [3.63, 3.8) is 0 Å². The molecule has 1 aromatic rings. The van der Waals surface area contributed by atoms with Crippen LogP contribution in [0.4, 0.5) is 19.0 Å². The lowest BCUT2D eigenvalue weighted by atomic mass is 10.2. The predicted molar refractivity (Wildman–Crippen MR) is 64.1 cm³/mol. The van der Waals surface area contributed by atoms with E-state index < -0.39 is 17.8 Å². The van der Waals surface area contributed by atoms with Gasteiger partial charge in [-0.1, -0.05) is 0 Å². The zero-order valence-corrected chi connectivity index (χ0v) is 10.7. The topological polar surface area (TPSA) is 49.2 Å². The van der Waals surface area contributed by atoms with Crippen molar-refractivity contribution in [1.82, 2.24) is 9.97 Å². The number of aliphatic hydroxyl groups excluding tert-OH is 1. The molecule has 0 aliphatic carbocycles. The molecular weight excluding hydrogens is 283 g/mol. The Hall–Kier alpha value is -1.08. The molecule has 0 aromatic carbocycles. The first-order valence-corrected chi connectivity index (χ1v) is 6.28. The Bertz CT molecular complexity index is 455. The van der Waals surface area contributed by atoms with Gasteiger partial charge in [-0.05, 0) is 30.9 Å². The summed E-state index contributed by atoms with van der Waals surface area (Å²) in [6, 6.07) is 0. The van der Waals surface area contributed by atoms with Gasteiger partial charge in [-0.15, -0.1) is 0 Å². The SMILES string of the molecule is OC1CCCN(c2nc(Cl)ncc2C(F)(F)F)CC1. The number of aromatic nitrogens is 2. The lowest BCUT2D eigenvalue weighted by Gasteiger charge is -2.24. The zero-order chi connectivity index (χ0) is 14.0. The van der Waals surface area contributed by atoms with E-state index >= 15 is 0 Å². The van der Waals surface area contributed by atoms with E-state index in [1.807, 2.05) is 0 Å². The van der Waals surface area contributed by atoms with Crippen molar-refractivity contribution >= 4 is 17.4 Å². The third kappa shape index (κ3) is 3.48. The lowest BCUT2D eigenvalue weighted by Crippen LogP contribution is -2.28. The van der Waals surface area contributed by atoms with Crippen LogP contribution >= 0.6 is 11.6 Å². The number of halogens is 4. The fraction of sp³-hybridized carbons (Fsp3) is 0.636. The van der Waals surface area contributed by atoms with Gasteiger partial charge < -0.3 is 10.0 Å². The van der Waals surface area contributed by atoms with E-state index in [9.17, 15) is 18.3 Å². The normalized spacial score (nSPS) is 21.3. The van der Waals surface area contributed by atoms with Crippen molar-refractivity contribution in [2.45, 2.75) is 31.5 Å². The molecule has 106 valence electrons. The second kappa shape index (κ2) is 5.50. The number of hydrogen-bond donors (Lipinski definition) is 1. The van der Waals surface area contributed by atoms with E-state index in [4.69, 9.17) is 11.6 Å². The van der Waals surface area contributed by atoms with Gasteiger partial charge in [0.25, 0.3) is 0 Å². The van der Waals surface area contributed by atoms with Gasteiger partial charge in [-0.3, -0.25) is 0 Å². The van der Waals surface area contributed by atoms with Gasteiger partial charge in [0.15, 0.2) is 0 Å². The van der Waals surface area contributed by atoms with Crippen LogP contribution in [0, 0.1) is 0 Å². The van der Waals surface area contributed by atoms with Crippen LogP contribution < -0.4 is 4.90 Å². The largest absolute Gasteiger partial charge is 0.421 e. The van der Waals surface area contributed by atoms with Crippen molar-refractivity contribution in [2.24, 2.45) is 0 Å². The molecule has 1 N–H and O–H groups in total. The highest BCUT2D eigenvalue weighted by atomic mass is 35.5. The summed E-state index contributed by atoms with van der Waals surface area (Å²) in [5, 5.41) is 9.31. The molecule has 0 radical (unpaired) electrons. The summed E-state index contributed by atoms with van der Waals surface area (Å²) in [5.74, 6) is -0.207. The summed E-state index contributed by atoms with van der Waals surface area (Å²) < 4.78 is 38.7. The summed E-state index contributed by atoms with van der Waals surface area (Å²) in [6.07, 6.45) is -2.69. The van der Waals surface area contributed by atoms with Crippen LogP contribution in [0.1, 0.15) is 24.8 Å². The molecule has 1 atom stereocenters. The van der Waals surface area contributed by atoms with Gasteiger partial charge >= 0.3 is 6.18 Å². The molecule has 8 heteroatoms. The van der Waals surface area contributed by atoms with E-state index in [1.165, 1.54) is 4.90 Å². The van der Waals surface area contributed by atoms with Gasteiger partial charge in [0.1, 0.15) is 11.4 Å². The summed E-state index contributed by atoms with van der Waals surface area (Å²) in [7, 11) is 0. The maximum Gasteiger partial charge on any atom is 0.421 e. The monoisotopic (exact) mass is 295 g/mol. The quantitative estimate of drug-likeness (QED) is 0.809. The third-order valence-corrected chi connectivity index (χ3v) is 3.22. The molecule has 0 amide bonds. The number of anilines is 1. The van der Waals surface area contributed by atoms with Crippen LogP contribution in [0.3, 0.4) is 0 Å². The fourth-order valence-electron chi connectivity index (χ4n) is 2.08. The van der Waals surface area contributed by atoms with Crippen LogP contribution in [0.5, 0.6) is 0 Å². The Morgan fingerprint density at radius 2 is 2.05 bits per heavy atom. The van der Waals surface area contributed by atoms with Crippen molar-refractivity contribution in [3.05, 3.63) is 17.0 Å². The summed E-state index contributed by atoms with van der Waals surface area (Å²) in [6.45, 7) is 0.727. The van der Waals surface area contributed by atoms with Crippen molar-refractivity contribution in [1.29, 1.82) is 0 Å². The average molecular weight is 296 g/mol. The molecular formula is C11H13ClF3N3O. The predicted octanol–water partition coefficient (Wildman–Crippen LogP) is 2.50. The van der Waals surface area contributed by atoms with Gasteiger partial charge in [0.05, 0.1) is 6.10 Å². The molecule has 2 rings (SSSR count). The van der Waals surface area contributed by atoms with Crippen molar-refractivity contribution in [3.8, 4) is 0 Å². The summed E-state index contributed by atoms with van der Waals surface area (Å²) in [4.78, 5) is 8.61. The van der Waals surface area contributed by atoms with Crippen LogP contribution in [0.2, 0.25) is 5.28 Å². The second-order valence-electron chi connectivity index (χ2n) is 4.45. The van der Waals surface area contributed by atoms with E-state index in [1.54, 1.807) is 0 Å². The molecule has 19 heavy (non-hydrogen) atoms. The van der Waals surface area contributed by atoms with Crippen molar-refractivity contribution in [2.75, 3.05) is 18.0 Å². The molecule has 1 saturated heterocycles. The van der Waals surface area contributed by atoms with Gasteiger partial charge in [0.2, 0.25) is 5.28 Å². The smallest absolute Gasteiger partial charge is 0.393 e. The fourth-order valence-corrected chi connectivity index (χ4v) is 2.21. The third-order valence-electron chi connectivity index (χ3n) is 3.04. The summed E-state index contributed by atoms with van der Waals surface area (Å²) >= 11 is 5.59. The van der Waals surface area contributed by atoms with E-state index in [0.29, 0.717) is 38.5 Å². The maximum absolute atomic E-state index is 12.9. The molecule has 0 saturated carbocycles. The van der Waals surface area contributed by atoms with Gasteiger partial charge in [-0.25, -0.2) is 4.98 Å². The highest BCUT2D eigenvalue weighted by molar-refractivity contribution is 6.28. The second-order valence-corrected chi connectivity index (χ2v) is 4.78. The molecule has 0 spiro atoms. The number of aliphatic hydroxyl groups is 1. The van der Waals surface area contributed by atoms with E-state index in [-0.39, 0.29) is 11.1 Å². The highest BCUT2D eigenvalue weighted by Gasteiger charge is 2.37. The first kappa shape index (κ1) is 14.3. The minimum absolute atomic E-state index is 0.207. The zero-order valence-electron chi connectivity index (χ0n) is 9.99. The first-order valence-electron chi connectivity index (χ1n) is 5.90. The molecule has 1 aromatic heterocycles. The molecule has 4 nitrogen and oxygen atoms in total. The molecule has 1 aliphatic rings. The number of alkyl halides is 3. The Kier molecular flexibility index (Phi) is 4.15. The summed E-state index contributed by atoms with van der Waals surface area (Å²) in [5.41, 5.74) is -0.895. The molecule has 0 bridgehead atoms. The maximum atomic E-state index is 12.9. The van der Waals surface area contributed by atoms with E-state index in [2.05, 4.69) is 9.97 Å². The van der Waals surface area contributed by atoms with Gasteiger partial charge in [0, 0.05) is 19.3 Å². The molecule has 1 aliphatic heterocycles. The number of nitrogens with zero attached hydrogens (tertiary/aromatic N) is 3. The van der Waals surface area contributed by atoms with Crippen LogP contribution in [-0.2, 0) is 6.18 Å². The standard InChI is InChI=1S/C11H13ClF3N3O/c12-10-16-6-8(11(13,14)15)9(17-10)18-4-1-2-7(19)3-5-18/h6-7,19H,1-5H2. The Morgan fingerprint density at radius 1 is 1.32 bits per heavy atom. The Morgan fingerprint density at radius 3 is 2.74 bits per heavy atom. The first-order chi connectivity index (χ1) is 8.88.